The quantitative estimate of drug-likeness (QED) is 0.638. The lowest BCUT2D eigenvalue weighted by atomic mass is 9.87. The predicted octanol–water partition coefficient (Wildman–Crippen LogP) is 4.73. The minimum absolute atomic E-state index is 0.300. The van der Waals surface area contributed by atoms with Gasteiger partial charge in [0.1, 0.15) is 0 Å². The fourth-order valence-corrected chi connectivity index (χ4v) is 4.18. The monoisotopic (exact) mass is 238 g/mol. The van der Waals surface area contributed by atoms with Crippen molar-refractivity contribution in [2.75, 3.05) is 6.26 Å². The van der Waals surface area contributed by atoms with Gasteiger partial charge < -0.3 is 0 Å². The minimum atomic E-state index is 0.300. The maximum Gasteiger partial charge on any atom is 0.0674 e. The standard InChI is InChI=1S/C13H18S2/c1-13(2,3)11-9-7-5-6-8-10(9)12(14-4)15-11/h6,8H,5,7H2,1-4H3. The molecule has 1 heterocycles. The molecule has 0 saturated heterocycles. The summed E-state index contributed by atoms with van der Waals surface area (Å²) in [7, 11) is 0. The summed E-state index contributed by atoms with van der Waals surface area (Å²) in [6, 6.07) is 0. The summed E-state index contributed by atoms with van der Waals surface area (Å²) in [6.07, 6.45) is 9.24. The van der Waals surface area contributed by atoms with Crippen molar-refractivity contribution < 1.29 is 0 Å². The van der Waals surface area contributed by atoms with Gasteiger partial charge in [0.25, 0.3) is 0 Å². The van der Waals surface area contributed by atoms with Crippen molar-refractivity contribution in [2.45, 2.75) is 43.2 Å². The largest absolute Gasteiger partial charge is 0.132 e. The van der Waals surface area contributed by atoms with E-state index < -0.39 is 0 Å². The number of hydrogen-bond donors (Lipinski definition) is 0. The zero-order valence-electron chi connectivity index (χ0n) is 9.89. The summed E-state index contributed by atoms with van der Waals surface area (Å²) in [5.74, 6) is 0. The van der Waals surface area contributed by atoms with Crippen LogP contribution in [-0.4, -0.2) is 6.26 Å². The van der Waals surface area contributed by atoms with Crippen molar-refractivity contribution in [3.8, 4) is 0 Å². The van der Waals surface area contributed by atoms with Crippen molar-refractivity contribution in [3.63, 3.8) is 0 Å². The molecular formula is C13H18S2. The predicted molar refractivity (Wildman–Crippen MR) is 72.2 cm³/mol. The lowest BCUT2D eigenvalue weighted by molar-refractivity contribution is 0.596. The Morgan fingerprint density at radius 3 is 2.67 bits per heavy atom. The van der Waals surface area contributed by atoms with Crippen molar-refractivity contribution in [1.29, 1.82) is 0 Å². The molecule has 1 aromatic heterocycles. The molecule has 15 heavy (non-hydrogen) atoms. The molecule has 0 N–H and O–H groups in total. The normalized spacial score (nSPS) is 15.5. The SMILES string of the molecule is CSc1sc(C(C)(C)C)c2c1C=CCC2. The van der Waals surface area contributed by atoms with E-state index in [1.807, 2.05) is 23.1 Å². The number of fused-ring (bicyclic) bond motifs is 1. The molecule has 0 aliphatic heterocycles. The Kier molecular flexibility index (Phi) is 3.00. The fraction of sp³-hybridized carbons (Fsp3) is 0.538. The molecule has 2 heteroatoms. The number of thiophene rings is 1. The van der Waals surface area contributed by atoms with Crippen LogP contribution in [0.5, 0.6) is 0 Å². The molecule has 1 aliphatic rings. The van der Waals surface area contributed by atoms with E-state index in [1.54, 1.807) is 10.4 Å². The molecule has 0 atom stereocenters. The van der Waals surface area contributed by atoms with E-state index in [2.05, 4.69) is 39.2 Å². The molecule has 0 bridgehead atoms. The van der Waals surface area contributed by atoms with Gasteiger partial charge >= 0.3 is 0 Å². The van der Waals surface area contributed by atoms with Gasteiger partial charge in [0, 0.05) is 10.4 Å². The van der Waals surface area contributed by atoms with Gasteiger partial charge in [-0.2, -0.15) is 0 Å². The van der Waals surface area contributed by atoms with Crippen molar-refractivity contribution in [3.05, 3.63) is 22.1 Å². The first-order valence-corrected chi connectivity index (χ1v) is 7.45. The van der Waals surface area contributed by atoms with Gasteiger partial charge in [0.05, 0.1) is 4.21 Å². The summed E-state index contributed by atoms with van der Waals surface area (Å²) < 4.78 is 1.49. The van der Waals surface area contributed by atoms with Crippen LogP contribution in [-0.2, 0) is 11.8 Å². The molecule has 82 valence electrons. The van der Waals surface area contributed by atoms with Crippen molar-refractivity contribution in [1.82, 2.24) is 0 Å². The topological polar surface area (TPSA) is 0 Å². The Hall–Kier alpha value is -0.210. The van der Waals surface area contributed by atoms with Crippen molar-refractivity contribution >= 4 is 29.2 Å². The molecule has 1 aliphatic carbocycles. The number of rotatable bonds is 1. The third kappa shape index (κ3) is 2.02. The zero-order valence-corrected chi connectivity index (χ0v) is 11.5. The molecule has 0 aromatic carbocycles. The second-order valence-corrected chi connectivity index (χ2v) is 7.10. The highest BCUT2D eigenvalue weighted by Crippen LogP contribution is 2.43. The lowest BCUT2D eigenvalue weighted by Gasteiger charge is -2.20. The van der Waals surface area contributed by atoms with Crippen LogP contribution < -0.4 is 0 Å². The van der Waals surface area contributed by atoms with Crippen LogP contribution in [0.25, 0.3) is 6.08 Å². The van der Waals surface area contributed by atoms with Crippen LogP contribution in [0, 0.1) is 0 Å². The molecular weight excluding hydrogens is 220 g/mol. The molecule has 0 nitrogen and oxygen atoms in total. The highest BCUT2D eigenvalue weighted by atomic mass is 32.2. The van der Waals surface area contributed by atoms with Crippen LogP contribution in [0.4, 0.5) is 0 Å². The second kappa shape index (κ2) is 3.99. The fourth-order valence-electron chi connectivity index (χ4n) is 2.06. The minimum Gasteiger partial charge on any atom is -0.132 e. The summed E-state index contributed by atoms with van der Waals surface area (Å²) in [5.41, 5.74) is 3.41. The van der Waals surface area contributed by atoms with E-state index in [4.69, 9.17) is 0 Å². The van der Waals surface area contributed by atoms with Gasteiger partial charge in [-0.05, 0) is 30.1 Å². The summed E-state index contributed by atoms with van der Waals surface area (Å²) in [6.45, 7) is 6.96. The summed E-state index contributed by atoms with van der Waals surface area (Å²) in [5, 5.41) is 0. The molecule has 0 saturated carbocycles. The van der Waals surface area contributed by atoms with E-state index in [0.29, 0.717) is 5.41 Å². The van der Waals surface area contributed by atoms with Gasteiger partial charge in [-0.25, -0.2) is 0 Å². The number of hydrogen-bond acceptors (Lipinski definition) is 2. The van der Waals surface area contributed by atoms with Crippen LogP contribution in [0.3, 0.4) is 0 Å². The Balaban J connectivity index is 2.58. The maximum atomic E-state index is 2.32. The van der Waals surface area contributed by atoms with E-state index in [-0.39, 0.29) is 0 Å². The smallest absolute Gasteiger partial charge is 0.0674 e. The first-order chi connectivity index (χ1) is 7.04. The highest BCUT2D eigenvalue weighted by Gasteiger charge is 2.25. The highest BCUT2D eigenvalue weighted by molar-refractivity contribution is 8.00. The maximum absolute atomic E-state index is 2.32. The second-order valence-electron chi connectivity index (χ2n) is 5.01. The average Bonchev–Trinajstić information content (AvgIpc) is 2.55. The van der Waals surface area contributed by atoms with Crippen LogP contribution in [0.2, 0.25) is 0 Å². The van der Waals surface area contributed by atoms with Gasteiger partial charge in [-0.3, -0.25) is 0 Å². The van der Waals surface area contributed by atoms with Crippen LogP contribution >= 0.6 is 23.1 Å². The van der Waals surface area contributed by atoms with Gasteiger partial charge in [0.2, 0.25) is 0 Å². The molecule has 1 aromatic rings. The Morgan fingerprint density at radius 1 is 1.33 bits per heavy atom. The van der Waals surface area contributed by atoms with Crippen molar-refractivity contribution in [2.24, 2.45) is 0 Å². The van der Waals surface area contributed by atoms with E-state index >= 15 is 0 Å². The van der Waals surface area contributed by atoms with Gasteiger partial charge in [-0.1, -0.05) is 32.9 Å². The van der Waals surface area contributed by atoms with Crippen LogP contribution in [0.1, 0.15) is 43.2 Å². The Morgan fingerprint density at radius 2 is 2.07 bits per heavy atom. The molecule has 2 rings (SSSR count). The number of thioether (sulfide) groups is 1. The Labute approximate surface area is 101 Å². The van der Waals surface area contributed by atoms with E-state index in [0.717, 1.165) is 0 Å². The van der Waals surface area contributed by atoms with Gasteiger partial charge in [-0.15, -0.1) is 23.1 Å². The average molecular weight is 238 g/mol. The summed E-state index contributed by atoms with van der Waals surface area (Å²) in [4.78, 5) is 1.59. The zero-order chi connectivity index (χ0) is 11.1. The molecule has 0 amide bonds. The van der Waals surface area contributed by atoms with E-state index in [1.165, 1.54) is 22.6 Å². The molecule has 0 spiro atoms. The van der Waals surface area contributed by atoms with Gasteiger partial charge in [0.15, 0.2) is 0 Å². The third-order valence-corrected chi connectivity index (χ3v) is 5.53. The first-order valence-electron chi connectivity index (χ1n) is 5.40. The molecule has 0 unspecified atom stereocenters. The molecule has 0 fully saturated rings. The van der Waals surface area contributed by atoms with E-state index in [9.17, 15) is 0 Å². The molecule has 0 radical (unpaired) electrons. The third-order valence-electron chi connectivity index (χ3n) is 2.73. The van der Waals surface area contributed by atoms with Crippen LogP contribution in [0.15, 0.2) is 10.3 Å². The number of allylic oxidation sites excluding steroid dienone is 1. The lowest BCUT2D eigenvalue weighted by Crippen LogP contribution is -2.12. The first kappa shape index (κ1) is 11.3. The Bertz CT molecular complexity index is 391. The summed E-state index contributed by atoms with van der Waals surface area (Å²) >= 11 is 3.88.